The van der Waals surface area contributed by atoms with Crippen molar-refractivity contribution in [2.24, 2.45) is 11.8 Å². The minimum Gasteiger partial charge on any atom is -0.499 e. The number of hydrogen-bond donors (Lipinski definition) is 0. The van der Waals surface area contributed by atoms with Crippen LogP contribution in [0, 0.1) is 11.8 Å². The van der Waals surface area contributed by atoms with Crippen molar-refractivity contribution in [2.75, 3.05) is 0 Å². The Kier molecular flexibility index (Phi) is 6.39. The lowest BCUT2D eigenvalue weighted by Crippen LogP contribution is -2.30. The highest BCUT2D eigenvalue weighted by molar-refractivity contribution is 6.51. The summed E-state index contributed by atoms with van der Waals surface area (Å²) in [5.74, 6) is 0.427. The average Bonchev–Trinajstić information content (AvgIpc) is 3.20. The molecule has 0 radical (unpaired) electrons. The van der Waals surface area contributed by atoms with Crippen LogP contribution in [0.25, 0.3) is 0 Å². The molecule has 1 aliphatic carbocycles. The summed E-state index contributed by atoms with van der Waals surface area (Å²) < 4.78 is 10.5. The molecule has 0 aliphatic heterocycles. The summed E-state index contributed by atoms with van der Waals surface area (Å²) in [5.41, 5.74) is 0. The van der Waals surface area contributed by atoms with Crippen LogP contribution in [0.3, 0.4) is 0 Å². The molecule has 2 atom stereocenters. The average molecular weight is 268 g/mol. The van der Waals surface area contributed by atoms with Gasteiger partial charge in [-0.2, -0.15) is 0 Å². The van der Waals surface area contributed by atoms with Crippen LogP contribution in [0.2, 0.25) is 5.82 Å². The molecule has 1 rings (SSSR count). The molecule has 1 fully saturated rings. The van der Waals surface area contributed by atoms with Gasteiger partial charge in [-0.05, 0) is 24.7 Å². The molecule has 108 valence electrons. The Morgan fingerprint density at radius 1 is 1.11 bits per heavy atom. The van der Waals surface area contributed by atoms with Gasteiger partial charge >= 0.3 is 7.12 Å². The van der Waals surface area contributed by atoms with E-state index in [1.807, 2.05) is 0 Å². The van der Waals surface area contributed by atoms with Crippen LogP contribution in [0.15, 0.2) is 0 Å². The SMILES string of the molecule is CCC(=O)OB(OC(=O)CC(C)C(C)CC)C1CC1. The maximum Gasteiger partial charge on any atom is 0.601 e. The monoisotopic (exact) mass is 268 g/mol. The van der Waals surface area contributed by atoms with Crippen LogP contribution in [0.1, 0.15) is 59.8 Å². The lowest BCUT2D eigenvalue weighted by atomic mass is 9.81. The van der Waals surface area contributed by atoms with Gasteiger partial charge in [0.05, 0.1) is 0 Å². The fraction of sp³-hybridized carbons (Fsp3) is 0.857. The predicted molar refractivity (Wildman–Crippen MR) is 74.4 cm³/mol. The predicted octanol–water partition coefficient (Wildman–Crippen LogP) is 3.21. The van der Waals surface area contributed by atoms with E-state index in [9.17, 15) is 9.59 Å². The largest absolute Gasteiger partial charge is 0.601 e. The summed E-state index contributed by atoms with van der Waals surface area (Å²) in [6, 6.07) is 0. The van der Waals surface area contributed by atoms with Crippen molar-refractivity contribution < 1.29 is 18.9 Å². The van der Waals surface area contributed by atoms with Gasteiger partial charge in [-0.1, -0.05) is 34.1 Å². The van der Waals surface area contributed by atoms with Gasteiger partial charge in [0.25, 0.3) is 11.9 Å². The van der Waals surface area contributed by atoms with Crippen LogP contribution in [0.4, 0.5) is 0 Å². The molecule has 0 N–H and O–H groups in total. The van der Waals surface area contributed by atoms with Crippen LogP contribution < -0.4 is 0 Å². The second-order valence-electron chi connectivity index (χ2n) is 5.61. The van der Waals surface area contributed by atoms with Crippen molar-refractivity contribution in [3.8, 4) is 0 Å². The molecule has 1 aliphatic rings. The summed E-state index contributed by atoms with van der Waals surface area (Å²) in [4.78, 5) is 23.2. The van der Waals surface area contributed by atoms with Crippen molar-refractivity contribution in [1.29, 1.82) is 0 Å². The van der Waals surface area contributed by atoms with E-state index < -0.39 is 7.12 Å². The first kappa shape index (κ1) is 16.1. The zero-order valence-electron chi connectivity index (χ0n) is 12.5. The van der Waals surface area contributed by atoms with Gasteiger partial charge in [0.1, 0.15) is 0 Å². The molecule has 0 aromatic carbocycles. The van der Waals surface area contributed by atoms with Gasteiger partial charge in [-0.15, -0.1) is 0 Å². The Morgan fingerprint density at radius 2 is 1.68 bits per heavy atom. The van der Waals surface area contributed by atoms with Crippen LogP contribution in [-0.2, 0) is 18.9 Å². The van der Waals surface area contributed by atoms with E-state index in [0.29, 0.717) is 24.7 Å². The topological polar surface area (TPSA) is 52.6 Å². The van der Waals surface area contributed by atoms with Gasteiger partial charge in [-0.3, -0.25) is 9.59 Å². The van der Waals surface area contributed by atoms with E-state index in [1.165, 1.54) is 0 Å². The number of carbonyl (C=O) groups excluding carboxylic acids is 2. The van der Waals surface area contributed by atoms with E-state index >= 15 is 0 Å². The van der Waals surface area contributed by atoms with E-state index in [4.69, 9.17) is 9.31 Å². The first-order valence-corrected chi connectivity index (χ1v) is 7.36. The molecule has 0 aromatic rings. The quantitative estimate of drug-likeness (QED) is 0.634. The van der Waals surface area contributed by atoms with Gasteiger partial charge in [-0.25, -0.2) is 0 Å². The fourth-order valence-corrected chi connectivity index (χ4v) is 1.84. The molecular weight excluding hydrogens is 243 g/mol. The van der Waals surface area contributed by atoms with E-state index in [2.05, 4.69) is 20.8 Å². The lowest BCUT2D eigenvalue weighted by Gasteiger charge is -2.19. The van der Waals surface area contributed by atoms with E-state index in [-0.39, 0.29) is 17.8 Å². The molecule has 2 unspecified atom stereocenters. The van der Waals surface area contributed by atoms with Crippen molar-refractivity contribution in [3.63, 3.8) is 0 Å². The molecule has 0 aromatic heterocycles. The molecule has 0 saturated heterocycles. The second kappa shape index (κ2) is 7.56. The summed E-state index contributed by atoms with van der Waals surface area (Å²) in [6.45, 7) is 8.04. The molecule has 0 spiro atoms. The standard InChI is InChI=1S/C14H25BO4/c1-5-10(3)11(4)9-14(17)19-15(12-7-8-12)18-13(16)6-2/h10-12H,5-9H2,1-4H3. The molecule has 0 bridgehead atoms. The van der Waals surface area contributed by atoms with E-state index in [1.54, 1.807) is 6.92 Å². The molecule has 1 saturated carbocycles. The fourth-order valence-electron chi connectivity index (χ4n) is 1.84. The van der Waals surface area contributed by atoms with Crippen LogP contribution in [-0.4, -0.2) is 19.1 Å². The highest BCUT2D eigenvalue weighted by Crippen LogP contribution is 2.40. The molecule has 0 heterocycles. The number of rotatable bonds is 8. The Bertz CT molecular complexity index is 315. The summed E-state index contributed by atoms with van der Waals surface area (Å²) in [7, 11) is -0.663. The lowest BCUT2D eigenvalue weighted by molar-refractivity contribution is -0.141. The van der Waals surface area contributed by atoms with Crippen molar-refractivity contribution in [2.45, 2.75) is 65.6 Å². The normalized spacial score (nSPS) is 17.5. The van der Waals surface area contributed by atoms with Crippen molar-refractivity contribution >= 4 is 19.1 Å². The highest BCUT2D eigenvalue weighted by atomic mass is 16.6. The van der Waals surface area contributed by atoms with Gasteiger partial charge in [0.2, 0.25) is 0 Å². The molecule has 0 amide bonds. The molecule has 5 heteroatoms. The zero-order valence-corrected chi connectivity index (χ0v) is 12.5. The first-order valence-electron chi connectivity index (χ1n) is 7.36. The molecular formula is C14H25BO4. The third kappa shape index (κ3) is 5.66. The third-order valence-corrected chi connectivity index (χ3v) is 3.89. The Hall–Kier alpha value is -0.995. The highest BCUT2D eigenvalue weighted by Gasteiger charge is 2.44. The zero-order chi connectivity index (χ0) is 14.4. The smallest absolute Gasteiger partial charge is 0.499 e. The molecule has 19 heavy (non-hydrogen) atoms. The van der Waals surface area contributed by atoms with Crippen LogP contribution >= 0.6 is 0 Å². The Morgan fingerprint density at radius 3 is 2.16 bits per heavy atom. The summed E-state index contributed by atoms with van der Waals surface area (Å²) >= 11 is 0. The van der Waals surface area contributed by atoms with Gasteiger partial charge < -0.3 is 9.31 Å². The van der Waals surface area contributed by atoms with Crippen LogP contribution in [0.5, 0.6) is 0 Å². The minimum atomic E-state index is -0.663. The number of hydrogen-bond acceptors (Lipinski definition) is 4. The maximum absolute atomic E-state index is 11.9. The first-order chi connectivity index (χ1) is 8.97. The minimum absolute atomic E-state index is 0.207. The van der Waals surface area contributed by atoms with Crippen molar-refractivity contribution in [3.05, 3.63) is 0 Å². The van der Waals surface area contributed by atoms with E-state index in [0.717, 1.165) is 19.3 Å². The van der Waals surface area contributed by atoms with Crippen molar-refractivity contribution in [1.82, 2.24) is 0 Å². The summed E-state index contributed by atoms with van der Waals surface area (Å²) in [6.07, 6.45) is 3.68. The van der Waals surface area contributed by atoms with Gasteiger partial charge in [0.15, 0.2) is 0 Å². The summed E-state index contributed by atoms with van der Waals surface area (Å²) in [5, 5.41) is 0. The van der Waals surface area contributed by atoms with Gasteiger partial charge in [0, 0.05) is 18.7 Å². The number of carbonyl (C=O) groups is 2. The third-order valence-electron chi connectivity index (χ3n) is 3.89. The Labute approximate surface area is 116 Å². The Balaban J connectivity index is 2.41. The molecule has 4 nitrogen and oxygen atoms in total. The second-order valence-corrected chi connectivity index (χ2v) is 5.61. The maximum atomic E-state index is 11.9.